The topological polar surface area (TPSA) is 29.9 Å². The highest BCUT2D eigenvalue weighted by atomic mass is 35.5. The normalized spacial score (nSPS) is 15.7. The molecule has 1 aliphatic heterocycles. The third kappa shape index (κ3) is 3.86. The molecule has 0 bridgehead atoms. The summed E-state index contributed by atoms with van der Waals surface area (Å²) in [6.45, 7) is 5.44. The second-order valence-corrected chi connectivity index (χ2v) is 5.55. The Morgan fingerprint density at radius 3 is 2.57 bits per heavy atom. The molecule has 1 N–H and O–H groups in total. The van der Waals surface area contributed by atoms with Crippen LogP contribution >= 0.6 is 12.4 Å². The molecule has 0 amide bonds. The molecule has 3 rings (SSSR count). The van der Waals surface area contributed by atoms with Gasteiger partial charge in [0.2, 0.25) is 0 Å². The number of aromatic nitrogens is 2. The van der Waals surface area contributed by atoms with Crippen molar-refractivity contribution in [3.8, 4) is 0 Å². The molecule has 0 radical (unpaired) electrons. The molecule has 21 heavy (non-hydrogen) atoms. The third-order valence-electron chi connectivity index (χ3n) is 4.18. The molecular formula is C17H24ClN3. The lowest BCUT2D eigenvalue weighted by Crippen LogP contribution is -2.26. The van der Waals surface area contributed by atoms with Crippen molar-refractivity contribution in [3.63, 3.8) is 0 Å². The summed E-state index contributed by atoms with van der Waals surface area (Å²) in [5.74, 6) is 1.84. The van der Waals surface area contributed by atoms with E-state index in [2.05, 4.69) is 53.3 Å². The van der Waals surface area contributed by atoms with Gasteiger partial charge in [-0.25, -0.2) is 4.98 Å². The van der Waals surface area contributed by atoms with Crippen LogP contribution in [0.1, 0.15) is 42.8 Å². The molecule has 3 nitrogen and oxygen atoms in total. The van der Waals surface area contributed by atoms with Crippen LogP contribution in [0.4, 0.5) is 0 Å². The van der Waals surface area contributed by atoms with E-state index in [9.17, 15) is 0 Å². The Labute approximate surface area is 133 Å². The summed E-state index contributed by atoms with van der Waals surface area (Å²) in [7, 11) is 0. The third-order valence-corrected chi connectivity index (χ3v) is 4.18. The molecule has 0 unspecified atom stereocenters. The van der Waals surface area contributed by atoms with Crippen LogP contribution in [0, 0.1) is 0 Å². The van der Waals surface area contributed by atoms with Crippen molar-refractivity contribution in [1.82, 2.24) is 14.9 Å². The highest BCUT2D eigenvalue weighted by Crippen LogP contribution is 2.25. The molecule has 2 aromatic rings. The van der Waals surface area contributed by atoms with E-state index in [0.29, 0.717) is 5.92 Å². The van der Waals surface area contributed by atoms with Crippen LogP contribution < -0.4 is 5.32 Å². The smallest absolute Gasteiger partial charge is 0.113 e. The molecule has 1 aliphatic rings. The molecule has 1 saturated heterocycles. The lowest BCUT2D eigenvalue weighted by Gasteiger charge is -2.20. The van der Waals surface area contributed by atoms with Crippen LogP contribution in [0.15, 0.2) is 36.5 Å². The molecule has 1 fully saturated rings. The number of nitrogens with one attached hydrogen (secondary N) is 1. The largest absolute Gasteiger partial charge is 0.335 e. The first-order valence-corrected chi connectivity index (χ1v) is 7.67. The number of halogens is 1. The van der Waals surface area contributed by atoms with E-state index in [1.54, 1.807) is 0 Å². The van der Waals surface area contributed by atoms with Gasteiger partial charge in [0, 0.05) is 25.1 Å². The first-order chi connectivity index (χ1) is 9.86. The summed E-state index contributed by atoms with van der Waals surface area (Å²) in [6, 6.07) is 10.6. The van der Waals surface area contributed by atoms with Crippen molar-refractivity contribution in [2.24, 2.45) is 0 Å². The predicted molar refractivity (Wildman–Crippen MR) is 89.2 cm³/mol. The van der Waals surface area contributed by atoms with Gasteiger partial charge in [-0.1, -0.05) is 30.3 Å². The minimum atomic E-state index is 0. The molecule has 114 valence electrons. The average molecular weight is 306 g/mol. The van der Waals surface area contributed by atoms with E-state index < -0.39 is 0 Å². The lowest BCUT2D eigenvalue weighted by atomic mass is 9.95. The van der Waals surface area contributed by atoms with E-state index in [4.69, 9.17) is 4.98 Å². The second-order valence-electron chi connectivity index (χ2n) is 5.55. The molecule has 0 atom stereocenters. The Kier molecular flexibility index (Phi) is 5.83. The van der Waals surface area contributed by atoms with Crippen molar-refractivity contribution >= 4 is 12.4 Å². The standard InChI is InChI=1S/C17H23N3.ClH/c1-2-20-13-16(15-8-10-18-11-9-15)19-17(20)12-14-6-4-3-5-7-14;/h3-7,13,15,18H,2,8-12H2,1H3;1H. The Bertz CT molecular complexity index is 544. The van der Waals surface area contributed by atoms with E-state index in [1.807, 2.05) is 0 Å². The summed E-state index contributed by atoms with van der Waals surface area (Å²) in [6.07, 6.45) is 5.63. The molecule has 0 spiro atoms. The van der Waals surface area contributed by atoms with Gasteiger partial charge in [-0.15, -0.1) is 12.4 Å². The highest BCUT2D eigenvalue weighted by Gasteiger charge is 2.19. The summed E-state index contributed by atoms with van der Waals surface area (Å²) in [5, 5.41) is 3.43. The summed E-state index contributed by atoms with van der Waals surface area (Å²) < 4.78 is 2.31. The van der Waals surface area contributed by atoms with Gasteiger partial charge in [0.05, 0.1) is 5.69 Å². The molecule has 0 aliphatic carbocycles. The van der Waals surface area contributed by atoms with E-state index in [1.165, 1.54) is 29.9 Å². The molecular weight excluding hydrogens is 282 g/mol. The van der Waals surface area contributed by atoms with Crippen LogP contribution in [-0.4, -0.2) is 22.6 Å². The van der Waals surface area contributed by atoms with Crippen LogP contribution in [0.5, 0.6) is 0 Å². The molecule has 1 aromatic carbocycles. The van der Waals surface area contributed by atoms with E-state index in [0.717, 1.165) is 26.1 Å². The monoisotopic (exact) mass is 305 g/mol. The van der Waals surface area contributed by atoms with Gasteiger partial charge >= 0.3 is 0 Å². The Hall–Kier alpha value is -1.32. The van der Waals surface area contributed by atoms with E-state index >= 15 is 0 Å². The van der Waals surface area contributed by atoms with Crippen LogP contribution in [0.3, 0.4) is 0 Å². The number of benzene rings is 1. The highest BCUT2D eigenvalue weighted by molar-refractivity contribution is 5.85. The predicted octanol–water partition coefficient (Wildman–Crippen LogP) is 3.38. The summed E-state index contributed by atoms with van der Waals surface area (Å²) in [4.78, 5) is 4.94. The van der Waals surface area contributed by atoms with Gasteiger partial charge in [-0.05, 0) is 38.4 Å². The number of nitrogens with zero attached hydrogens (tertiary/aromatic N) is 2. The minimum Gasteiger partial charge on any atom is -0.335 e. The van der Waals surface area contributed by atoms with Crippen LogP contribution in [0.2, 0.25) is 0 Å². The van der Waals surface area contributed by atoms with Crippen molar-refractivity contribution in [1.29, 1.82) is 0 Å². The number of piperidine rings is 1. The maximum atomic E-state index is 4.94. The fourth-order valence-corrected chi connectivity index (χ4v) is 2.98. The van der Waals surface area contributed by atoms with Gasteiger partial charge in [0.25, 0.3) is 0 Å². The fourth-order valence-electron chi connectivity index (χ4n) is 2.98. The average Bonchev–Trinajstić information content (AvgIpc) is 2.92. The zero-order valence-corrected chi connectivity index (χ0v) is 13.4. The van der Waals surface area contributed by atoms with Gasteiger partial charge in [-0.3, -0.25) is 0 Å². The first kappa shape index (κ1) is 16.1. The van der Waals surface area contributed by atoms with Gasteiger partial charge < -0.3 is 9.88 Å². The van der Waals surface area contributed by atoms with Gasteiger partial charge in [0.15, 0.2) is 0 Å². The Morgan fingerprint density at radius 1 is 1.19 bits per heavy atom. The lowest BCUT2D eigenvalue weighted by molar-refractivity contribution is 0.454. The van der Waals surface area contributed by atoms with Crippen LogP contribution in [-0.2, 0) is 13.0 Å². The second kappa shape index (κ2) is 7.62. The number of hydrogen-bond donors (Lipinski definition) is 1. The molecule has 4 heteroatoms. The molecule has 0 saturated carbocycles. The van der Waals surface area contributed by atoms with E-state index in [-0.39, 0.29) is 12.4 Å². The molecule has 2 heterocycles. The quantitative estimate of drug-likeness (QED) is 0.938. The van der Waals surface area contributed by atoms with Crippen molar-refractivity contribution in [3.05, 3.63) is 53.6 Å². The summed E-state index contributed by atoms with van der Waals surface area (Å²) >= 11 is 0. The summed E-state index contributed by atoms with van der Waals surface area (Å²) in [5.41, 5.74) is 2.63. The number of rotatable bonds is 4. The van der Waals surface area contributed by atoms with Gasteiger partial charge in [0.1, 0.15) is 5.82 Å². The van der Waals surface area contributed by atoms with Crippen molar-refractivity contribution < 1.29 is 0 Å². The zero-order valence-electron chi connectivity index (χ0n) is 12.6. The Balaban J connectivity index is 0.00000161. The minimum absolute atomic E-state index is 0. The maximum absolute atomic E-state index is 4.94. The fraction of sp³-hybridized carbons (Fsp3) is 0.471. The molecule has 1 aromatic heterocycles. The number of imidazole rings is 1. The first-order valence-electron chi connectivity index (χ1n) is 7.67. The zero-order chi connectivity index (χ0) is 13.8. The number of aryl methyl sites for hydroxylation is 1. The van der Waals surface area contributed by atoms with Crippen molar-refractivity contribution in [2.75, 3.05) is 13.1 Å². The Morgan fingerprint density at radius 2 is 1.90 bits per heavy atom. The number of hydrogen-bond acceptors (Lipinski definition) is 2. The van der Waals surface area contributed by atoms with Crippen molar-refractivity contribution in [2.45, 2.75) is 38.6 Å². The maximum Gasteiger partial charge on any atom is 0.113 e. The van der Waals surface area contributed by atoms with Gasteiger partial charge in [-0.2, -0.15) is 0 Å². The SMILES string of the molecule is CCn1cc(C2CCNCC2)nc1Cc1ccccc1.Cl. The van der Waals surface area contributed by atoms with Crippen LogP contribution in [0.25, 0.3) is 0 Å².